The molecule has 0 aliphatic heterocycles. The molecule has 1 aliphatic carbocycles. The van der Waals surface area contributed by atoms with Crippen LogP contribution >= 0.6 is 0 Å². The monoisotopic (exact) mass is 268 g/mol. The molecule has 0 spiro atoms. The smallest absolute Gasteiger partial charge is 0.175 e. The summed E-state index contributed by atoms with van der Waals surface area (Å²) in [6, 6.07) is 6.32. The van der Waals surface area contributed by atoms with E-state index in [1.54, 1.807) is 12.1 Å². The van der Waals surface area contributed by atoms with E-state index in [1.807, 2.05) is 0 Å². The maximum atomic E-state index is 11.3. The molecule has 1 aliphatic rings. The van der Waals surface area contributed by atoms with Crippen molar-refractivity contribution in [1.29, 1.82) is 0 Å². The van der Waals surface area contributed by atoms with Crippen LogP contribution in [0, 0.1) is 0 Å². The summed E-state index contributed by atoms with van der Waals surface area (Å²) < 4.78 is 28.3. The van der Waals surface area contributed by atoms with Gasteiger partial charge in [0.2, 0.25) is 0 Å². The van der Waals surface area contributed by atoms with Crippen LogP contribution in [-0.4, -0.2) is 26.6 Å². The van der Waals surface area contributed by atoms with E-state index in [0.29, 0.717) is 18.6 Å². The van der Waals surface area contributed by atoms with Crippen LogP contribution in [0.15, 0.2) is 29.2 Å². The Morgan fingerprint density at radius 2 is 1.89 bits per heavy atom. The molecule has 1 saturated carbocycles. The van der Waals surface area contributed by atoms with Gasteiger partial charge in [0.25, 0.3) is 0 Å². The lowest BCUT2D eigenvalue weighted by atomic mass is 9.96. The number of ketones is 1. The molecule has 1 atom stereocenters. The summed E-state index contributed by atoms with van der Waals surface area (Å²) in [5, 5.41) is 0. The van der Waals surface area contributed by atoms with Gasteiger partial charge in [0.1, 0.15) is 17.6 Å². The molecule has 1 aromatic rings. The van der Waals surface area contributed by atoms with Crippen molar-refractivity contribution in [3.8, 4) is 5.75 Å². The van der Waals surface area contributed by atoms with Gasteiger partial charge in [-0.15, -0.1) is 0 Å². The van der Waals surface area contributed by atoms with Gasteiger partial charge in [-0.3, -0.25) is 4.79 Å². The van der Waals surface area contributed by atoms with Gasteiger partial charge >= 0.3 is 0 Å². The first kappa shape index (κ1) is 13.1. The third-order valence-electron chi connectivity index (χ3n) is 2.99. The predicted octanol–water partition coefficient (Wildman–Crippen LogP) is 1.98. The average Bonchev–Trinajstić information content (AvgIpc) is 2.28. The molecule has 18 heavy (non-hydrogen) atoms. The summed E-state index contributed by atoms with van der Waals surface area (Å²) in [4.78, 5) is 11.6. The molecule has 2 rings (SSSR count). The maximum absolute atomic E-state index is 11.3. The van der Waals surface area contributed by atoms with Crippen molar-refractivity contribution in [2.45, 2.75) is 36.7 Å². The molecule has 98 valence electrons. The number of Topliss-reactive ketones (excluding diaryl/α,β-unsaturated/α-hetero) is 1. The SMILES string of the molecule is CS(=O)(=O)c1ccc(OC2CCCC(=O)C2)cc1. The molecule has 1 aromatic carbocycles. The summed E-state index contributed by atoms with van der Waals surface area (Å²) in [5.74, 6) is 0.848. The van der Waals surface area contributed by atoms with E-state index in [1.165, 1.54) is 18.4 Å². The third kappa shape index (κ3) is 3.32. The van der Waals surface area contributed by atoms with E-state index >= 15 is 0 Å². The molecular formula is C13H16O4S. The van der Waals surface area contributed by atoms with E-state index in [0.717, 1.165) is 12.8 Å². The van der Waals surface area contributed by atoms with Crippen LogP contribution in [0.5, 0.6) is 5.75 Å². The second-order valence-electron chi connectivity index (χ2n) is 4.62. The Morgan fingerprint density at radius 3 is 2.44 bits per heavy atom. The van der Waals surface area contributed by atoms with Gasteiger partial charge in [0.05, 0.1) is 4.90 Å². The highest BCUT2D eigenvalue weighted by molar-refractivity contribution is 7.90. The van der Waals surface area contributed by atoms with Crippen molar-refractivity contribution in [3.05, 3.63) is 24.3 Å². The summed E-state index contributed by atoms with van der Waals surface area (Å²) in [5.41, 5.74) is 0. The van der Waals surface area contributed by atoms with Crippen molar-refractivity contribution < 1.29 is 17.9 Å². The minimum atomic E-state index is -3.17. The lowest BCUT2D eigenvalue weighted by molar-refractivity contribution is -0.122. The van der Waals surface area contributed by atoms with Crippen molar-refractivity contribution in [3.63, 3.8) is 0 Å². The highest BCUT2D eigenvalue weighted by Gasteiger charge is 2.20. The van der Waals surface area contributed by atoms with Gasteiger partial charge in [-0.25, -0.2) is 8.42 Å². The minimum absolute atomic E-state index is 0.0738. The van der Waals surface area contributed by atoms with Crippen LogP contribution in [0.25, 0.3) is 0 Å². The molecule has 1 fully saturated rings. The van der Waals surface area contributed by atoms with Gasteiger partial charge in [-0.1, -0.05) is 0 Å². The van der Waals surface area contributed by atoms with E-state index in [9.17, 15) is 13.2 Å². The van der Waals surface area contributed by atoms with Crippen molar-refractivity contribution >= 4 is 15.6 Å². The van der Waals surface area contributed by atoms with Crippen LogP contribution < -0.4 is 4.74 Å². The van der Waals surface area contributed by atoms with Gasteiger partial charge in [-0.05, 0) is 37.1 Å². The van der Waals surface area contributed by atoms with Crippen LogP contribution in [0.4, 0.5) is 0 Å². The number of ether oxygens (including phenoxy) is 1. The lowest BCUT2D eigenvalue weighted by Crippen LogP contribution is -2.25. The first-order valence-electron chi connectivity index (χ1n) is 5.93. The normalized spacial score (nSPS) is 20.7. The fourth-order valence-corrected chi connectivity index (χ4v) is 2.67. The van der Waals surface area contributed by atoms with Crippen molar-refractivity contribution in [1.82, 2.24) is 0 Å². The van der Waals surface area contributed by atoms with Gasteiger partial charge in [0.15, 0.2) is 9.84 Å². The number of hydrogen-bond acceptors (Lipinski definition) is 4. The number of benzene rings is 1. The standard InChI is InChI=1S/C13H16O4S/c1-18(15,16)13-7-5-11(6-8-13)17-12-4-2-3-10(14)9-12/h5-8,12H,2-4,9H2,1H3. The Morgan fingerprint density at radius 1 is 1.22 bits per heavy atom. The molecule has 0 bridgehead atoms. The summed E-state index contributed by atoms with van der Waals surface area (Å²) in [6.45, 7) is 0. The molecule has 0 aromatic heterocycles. The Balaban J connectivity index is 2.04. The van der Waals surface area contributed by atoms with Gasteiger partial charge in [0, 0.05) is 19.1 Å². The molecule has 0 amide bonds. The molecule has 1 unspecified atom stereocenters. The van der Waals surface area contributed by atoms with Crippen LogP contribution in [0.3, 0.4) is 0 Å². The first-order valence-corrected chi connectivity index (χ1v) is 7.83. The fourth-order valence-electron chi connectivity index (χ4n) is 2.04. The Hall–Kier alpha value is -1.36. The van der Waals surface area contributed by atoms with E-state index in [4.69, 9.17) is 4.74 Å². The number of rotatable bonds is 3. The summed E-state index contributed by atoms with van der Waals surface area (Å²) in [6.07, 6.45) is 3.93. The molecule has 5 heteroatoms. The highest BCUT2D eigenvalue weighted by Crippen LogP contribution is 2.22. The second-order valence-corrected chi connectivity index (χ2v) is 6.63. The first-order chi connectivity index (χ1) is 8.45. The Labute approximate surface area is 107 Å². The maximum Gasteiger partial charge on any atom is 0.175 e. The predicted molar refractivity (Wildman–Crippen MR) is 67.4 cm³/mol. The molecule has 4 nitrogen and oxygen atoms in total. The largest absolute Gasteiger partial charge is 0.490 e. The van der Waals surface area contributed by atoms with E-state index in [2.05, 4.69) is 0 Å². The fraction of sp³-hybridized carbons (Fsp3) is 0.462. The molecular weight excluding hydrogens is 252 g/mol. The third-order valence-corrected chi connectivity index (χ3v) is 4.12. The Kier molecular flexibility index (Phi) is 3.71. The number of carbonyl (C=O) groups excluding carboxylic acids is 1. The van der Waals surface area contributed by atoms with Gasteiger partial charge in [-0.2, -0.15) is 0 Å². The quantitative estimate of drug-likeness (QED) is 0.841. The van der Waals surface area contributed by atoms with E-state index in [-0.39, 0.29) is 16.8 Å². The minimum Gasteiger partial charge on any atom is -0.490 e. The highest BCUT2D eigenvalue weighted by atomic mass is 32.2. The second kappa shape index (κ2) is 5.10. The zero-order valence-corrected chi connectivity index (χ0v) is 11.1. The molecule has 0 heterocycles. The van der Waals surface area contributed by atoms with Crippen LogP contribution in [-0.2, 0) is 14.6 Å². The molecule has 0 radical (unpaired) electrons. The topological polar surface area (TPSA) is 60.4 Å². The summed E-state index contributed by atoms with van der Waals surface area (Å²) in [7, 11) is -3.17. The van der Waals surface area contributed by atoms with Crippen molar-refractivity contribution in [2.24, 2.45) is 0 Å². The number of hydrogen-bond donors (Lipinski definition) is 0. The van der Waals surface area contributed by atoms with Crippen molar-refractivity contribution in [2.75, 3.05) is 6.26 Å². The van der Waals surface area contributed by atoms with E-state index < -0.39 is 9.84 Å². The summed E-state index contributed by atoms with van der Waals surface area (Å²) >= 11 is 0. The van der Waals surface area contributed by atoms with Crippen LogP contribution in [0.1, 0.15) is 25.7 Å². The zero-order valence-electron chi connectivity index (χ0n) is 10.3. The van der Waals surface area contributed by atoms with Gasteiger partial charge < -0.3 is 4.74 Å². The Bertz CT molecular complexity index is 531. The molecule has 0 saturated heterocycles. The average molecular weight is 268 g/mol. The molecule has 0 N–H and O–H groups in total. The van der Waals surface area contributed by atoms with Crippen LogP contribution in [0.2, 0.25) is 0 Å². The number of carbonyl (C=O) groups is 1. The lowest BCUT2D eigenvalue weighted by Gasteiger charge is -2.22. The zero-order chi connectivity index (χ0) is 13.2. The number of sulfone groups is 1.